The summed E-state index contributed by atoms with van der Waals surface area (Å²) < 4.78 is 29.1. The minimum Gasteiger partial charge on any atom is -0.247 e. The molecule has 0 fully saturated rings. The Morgan fingerprint density at radius 1 is 1.09 bits per heavy atom. The van der Waals surface area contributed by atoms with Gasteiger partial charge in [-0.3, -0.25) is 0 Å². The number of sulfonamides is 1. The summed E-state index contributed by atoms with van der Waals surface area (Å²) >= 11 is 0. The summed E-state index contributed by atoms with van der Waals surface area (Å²) in [6.07, 6.45) is 0. The molecule has 23 heavy (non-hydrogen) atoms. The Balaban J connectivity index is 1.97. The SMILES string of the molecule is CC(C)c1nc(NS(=O)(=O)c2ccc3ccccc3c2)n(C)n1. The first-order valence-corrected chi connectivity index (χ1v) is 8.78. The summed E-state index contributed by atoms with van der Waals surface area (Å²) in [6.45, 7) is 3.91. The molecule has 120 valence electrons. The first kappa shape index (κ1) is 15.5. The molecule has 7 heteroatoms. The van der Waals surface area contributed by atoms with E-state index >= 15 is 0 Å². The summed E-state index contributed by atoms with van der Waals surface area (Å²) in [5.74, 6) is 0.936. The van der Waals surface area contributed by atoms with Gasteiger partial charge >= 0.3 is 0 Å². The monoisotopic (exact) mass is 330 g/mol. The zero-order valence-electron chi connectivity index (χ0n) is 13.2. The lowest BCUT2D eigenvalue weighted by Gasteiger charge is -2.07. The molecule has 0 amide bonds. The van der Waals surface area contributed by atoms with E-state index in [2.05, 4.69) is 14.8 Å². The number of anilines is 1. The molecule has 0 saturated heterocycles. The van der Waals surface area contributed by atoms with Gasteiger partial charge < -0.3 is 0 Å². The highest BCUT2D eigenvalue weighted by molar-refractivity contribution is 7.92. The highest BCUT2D eigenvalue weighted by Gasteiger charge is 2.19. The van der Waals surface area contributed by atoms with Gasteiger partial charge in [0.05, 0.1) is 4.90 Å². The molecule has 0 aliphatic rings. The smallest absolute Gasteiger partial charge is 0.247 e. The first-order valence-electron chi connectivity index (χ1n) is 7.29. The third-order valence-corrected chi connectivity index (χ3v) is 4.88. The van der Waals surface area contributed by atoms with Crippen molar-refractivity contribution in [3.8, 4) is 0 Å². The Morgan fingerprint density at radius 3 is 2.43 bits per heavy atom. The number of fused-ring (bicyclic) bond motifs is 1. The molecule has 0 saturated carbocycles. The number of nitrogens with zero attached hydrogens (tertiary/aromatic N) is 3. The van der Waals surface area contributed by atoms with Gasteiger partial charge in [-0.1, -0.05) is 44.2 Å². The molecule has 2 aromatic carbocycles. The fourth-order valence-electron chi connectivity index (χ4n) is 2.25. The van der Waals surface area contributed by atoms with E-state index in [0.29, 0.717) is 5.82 Å². The van der Waals surface area contributed by atoms with E-state index in [1.165, 1.54) is 4.68 Å². The zero-order chi connectivity index (χ0) is 16.6. The molecule has 0 atom stereocenters. The van der Waals surface area contributed by atoms with Crippen molar-refractivity contribution in [2.24, 2.45) is 7.05 Å². The molecule has 0 aliphatic heterocycles. The molecule has 0 bridgehead atoms. The van der Waals surface area contributed by atoms with Crippen LogP contribution in [-0.4, -0.2) is 23.2 Å². The van der Waals surface area contributed by atoms with E-state index in [0.717, 1.165) is 10.8 Å². The first-order chi connectivity index (χ1) is 10.9. The third kappa shape index (κ3) is 3.05. The minimum absolute atomic E-state index is 0.125. The fraction of sp³-hybridized carbons (Fsp3) is 0.250. The Kier molecular flexibility index (Phi) is 3.81. The number of rotatable bonds is 4. The molecule has 0 unspecified atom stereocenters. The molecule has 3 aromatic rings. The highest BCUT2D eigenvalue weighted by Crippen LogP contribution is 2.21. The molecule has 0 aliphatic carbocycles. The standard InChI is InChI=1S/C16H18N4O2S/c1-11(2)15-17-16(20(3)18-15)19-23(21,22)14-9-8-12-6-4-5-7-13(12)10-14/h4-11H,1-3H3,(H,17,18,19). The van der Waals surface area contributed by atoms with E-state index in [1.807, 2.05) is 38.1 Å². The van der Waals surface area contributed by atoms with Crippen LogP contribution in [-0.2, 0) is 17.1 Å². The Hall–Kier alpha value is -2.41. The average Bonchev–Trinajstić information content (AvgIpc) is 2.87. The van der Waals surface area contributed by atoms with Crippen molar-refractivity contribution in [2.75, 3.05) is 4.72 Å². The normalized spacial score (nSPS) is 12.0. The summed E-state index contributed by atoms with van der Waals surface area (Å²) in [5.41, 5.74) is 0. The molecule has 1 aromatic heterocycles. The maximum absolute atomic E-state index is 12.6. The quantitative estimate of drug-likeness (QED) is 0.798. The van der Waals surface area contributed by atoms with Crippen LogP contribution in [0, 0.1) is 0 Å². The second kappa shape index (κ2) is 5.66. The van der Waals surface area contributed by atoms with Crippen LogP contribution in [0.3, 0.4) is 0 Å². The predicted molar refractivity (Wildman–Crippen MR) is 89.8 cm³/mol. The molecule has 1 N–H and O–H groups in total. The lowest BCUT2D eigenvalue weighted by atomic mass is 10.1. The third-order valence-electron chi connectivity index (χ3n) is 3.55. The van der Waals surface area contributed by atoms with Gasteiger partial charge in [0.1, 0.15) is 0 Å². The maximum Gasteiger partial charge on any atom is 0.264 e. The summed E-state index contributed by atoms with van der Waals surface area (Å²) in [7, 11) is -2.05. The van der Waals surface area contributed by atoms with Crippen molar-refractivity contribution in [3.63, 3.8) is 0 Å². The second-order valence-electron chi connectivity index (χ2n) is 5.69. The molecule has 6 nitrogen and oxygen atoms in total. The lowest BCUT2D eigenvalue weighted by molar-refractivity contribution is 0.600. The lowest BCUT2D eigenvalue weighted by Crippen LogP contribution is -2.16. The van der Waals surface area contributed by atoms with Crippen LogP contribution in [0.25, 0.3) is 10.8 Å². The van der Waals surface area contributed by atoms with Crippen LogP contribution in [0.1, 0.15) is 25.6 Å². The van der Waals surface area contributed by atoms with Crippen molar-refractivity contribution in [1.29, 1.82) is 0 Å². The van der Waals surface area contributed by atoms with Gasteiger partial charge in [-0.25, -0.2) is 17.8 Å². The van der Waals surface area contributed by atoms with Crippen molar-refractivity contribution < 1.29 is 8.42 Å². The fourth-order valence-corrected chi connectivity index (χ4v) is 3.32. The van der Waals surface area contributed by atoms with E-state index in [4.69, 9.17) is 0 Å². The van der Waals surface area contributed by atoms with Gasteiger partial charge in [0.25, 0.3) is 10.0 Å². The van der Waals surface area contributed by atoms with Crippen molar-refractivity contribution in [1.82, 2.24) is 14.8 Å². The second-order valence-corrected chi connectivity index (χ2v) is 7.37. The number of hydrogen-bond donors (Lipinski definition) is 1. The largest absolute Gasteiger partial charge is 0.264 e. The minimum atomic E-state index is -3.71. The molecular weight excluding hydrogens is 312 g/mol. The topological polar surface area (TPSA) is 76.9 Å². The highest BCUT2D eigenvalue weighted by atomic mass is 32.2. The van der Waals surface area contributed by atoms with Crippen LogP contribution < -0.4 is 4.72 Å². The van der Waals surface area contributed by atoms with Crippen molar-refractivity contribution >= 4 is 26.7 Å². The van der Waals surface area contributed by atoms with E-state index in [9.17, 15) is 8.42 Å². The summed E-state index contributed by atoms with van der Waals surface area (Å²) in [5, 5.41) is 6.08. The van der Waals surface area contributed by atoms with E-state index < -0.39 is 10.0 Å². The summed E-state index contributed by atoms with van der Waals surface area (Å²) in [6, 6.07) is 12.7. The summed E-state index contributed by atoms with van der Waals surface area (Å²) in [4.78, 5) is 4.44. The Morgan fingerprint density at radius 2 is 1.78 bits per heavy atom. The van der Waals surface area contributed by atoms with Gasteiger partial charge in [0, 0.05) is 13.0 Å². The molecule has 3 rings (SSSR count). The van der Waals surface area contributed by atoms with Gasteiger partial charge in [0.15, 0.2) is 5.82 Å². The van der Waals surface area contributed by atoms with Crippen LogP contribution in [0.5, 0.6) is 0 Å². The van der Waals surface area contributed by atoms with Crippen molar-refractivity contribution in [3.05, 3.63) is 48.3 Å². The van der Waals surface area contributed by atoms with Gasteiger partial charge in [0.2, 0.25) is 5.95 Å². The van der Waals surface area contributed by atoms with Crippen LogP contribution in [0.4, 0.5) is 5.95 Å². The van der Waals surface area contributed by atoms with Gasteiger partial charge in [-0.2, -0.15) is 10.1 Å². The molecule has 0 spiro atoms. The zero-order valence-corrected chi connectivity index (χ0v) is 14.0. The maximum atomic E-state index is 12.6. The van der Waals surface area contributed by atoms with Crippen LogP contribution >= 0.6 is 0 Å². The molecular formula is C16H18N4O2S. The number of nitrogens with one attached hydrogen (secondary N) is 1. The number of hydrogen-bond acceptors (Lipinski definition) is 4. The van der Waals surface area contributed by atoms with Gasteiger partial charge in [-0.15, -0.1) is 0 Å². The number of aryl methyl sites for hydroxylation is 1. The predicted octanol–water partition coefficient (Wildman–Crippen LogP) is 2.89. The molecule has 1 heterocycles. The Labute approximate surface area is 135 Å². The molecule has 0 radical (unpaired) electrons. The average molecular weight is 330 g/mol. The van der Waals surface area contributed by atoms with Gasteiger partial charge in [-0.05, 0) is 22.9 Å². The van der Waals surface area contributed by atoms with Crippen LogP contribution in [0.2, 0.25) is 0 Å². The number of aromatic nitrogens is 3. The number of benzene rings is 2. The van der Waals surface area contributed by atoms with E-state index in [1.54, 1.807) is 25.2 Å². The van der Waals surface area contributed by atoms with Crippen LogP contribution in [0.15, 0.2) is 47.4 Å². The Bertz CT molecular complexity index is 961. The van der Waals surface area contributed by atoms with Crippen molar-refractivity contribution in [2.45, 2.75) is 24.7 Å². The van der Waals surface area contributed by atoms with E-state index in [-0.39, 0.29) is 16.8 Å².